The van der Waals surface area contributed by atoms with Gasteiger partial charge in [-0.1, -0.05) is 13.8 Å². The highest BCUT2D eigenvalue weighted by Crippen LogP contribution is 2.48. The van der Waals surface area contributed by atoms with Gasteiger partial charge in [0.2, 0.25) is 0 Å². The molecule has 0 amide bonds. The second-order valence-corrected chi connectivity index (χ2v) is 6.05. The monoisotopic (exact) mass is 277 g/mol. The lowest BCUT2D eigenvalue weighted by molar-refractivity contribution is 0.0691. The minimum absolute atomic E-state index is 0.103. The van der Waals surface area contributed by atoms with Crippen molar-refractivity contribution < 1.29 is 14.3 Å². The Morgan fingerprint density at radius 3 is 2.89 bits per heavy atom. The first-order valence-corrected chi connectivity index (χ1v) is 7.25. The van der Waals surface area contributed by atoms with Crippen molar-refractivity contribution >= 4 is 17.3 Å². The van der Waals surface area contributed by atoms with Crippen LogP contribution in [-0.2, 0) is 6.42 Å². The van der Waals surface area contributed by atoms with Gasteiger partial charge in [-0.05, 0) is 30.9 Å². The van der Waals surface area contributed by atoms with Gasteiger partial charge in [0.25, 0.3) is 0 Å². The smallest absolute Gasteiger partial charge is 0.356 e. The van der Waals surface area contributed by atoms with Crippen LogP contribution in [0.5, 0.6) is 0 Å². The summed E-state index contributed by atoms with van der Waals surface area (Å²) in [5, 5.41) is 10.0. The zero-order valence-corrected chi connectivity index (χ0v) is 11.7. The Morgan fingerprint density at radius 2 is 2.32 bits per heavy atom. The summed E-state index contributed by atoms with van der Waals surface area (Å²) in [6.45, 7) is 4.16. The summed E-state index contributed by atoms with van der Waals surface area (Å²) < 4.78 is 5.82. The summed E-state index contributed by atoms with van der Waals surface area (Å²) in [5.74, 6) is 1.77. The molecule has 2 aromatic heterocycles. The van der Waals surface area contributed by atoms with E-state index in [9.17, 15) is 9.90 Å². The molecule has 2 atom stereocenters. The van der Waals surface area contributed by atoms with Gasteiger partial charge in [-0.2, -0.15) is 0 Å². The highest BCUT2D eigenvalue weighted by atomic mass is 32.1. The van der Waals surface area contributed by atoms with Crippen molar-refractivity contribution in [3.8, 4) is 10.6 Å². The molecule has 0 aliphatic heterocycles. The molecule has 1 aliphatic carbocycles. The standard InChI is InChI=1S/C14H15NO3S/c1-3-11-15-12(14(16)17)13(19-11)10-5-4-9(18-10)8-6-7(8)2/h4-5,7-8H,3,6H2,1-2H3,(H,16,17). The number of carbonyl (C=O) groups is 1. The zero-order chi connectivity index (χ0) is 13.6. The van der Waals surface area contributed by atoms with Crippen LogP contribution < -0.4 is 0 Å². The fourth-order valence-electron chi connectivity index (χ4n) is 2.22. The maximum atomic E-state index is 11.2. The van der Waals surface area contributed by atoms with Gasteiger partial charge in [0.05, 0.1) is 5.01 Å². The fraction of sp³-hybridized carbons (Fsp3) is 0.429. The van der Waals surface area contributed by atoms with Crippen LogP contribution in [0, 0.1) is 5.92 Å². The summed E-state index contributed by atoms with van der Waals surface area (Å²) in [7, 11) is 0. The van der Waals surface area contributed by atoms with Gasteiger partial charge >= 0.3 is 5.97 Å². The number of thiazole rings is 1. The first kappa shape index (κ1) is 12.4. The van der Waals surface area contributed by atoms with E-state index in [0.29, 0.717) is 22.5 Å². The van der Waals surface area contributed by atoms with Crippen molar-refractivity contribution in [2.45, 2.75) is 32.6 Å². The number of rotatable bonds is 4. The highest BCUT2D eigenvalue weighted by molar-refractivity contribution is 7.15. The average Bonchev–Trinajstić information content (AvgIpc) is 2.87. The molecule has 2 aromatic rings. The van der Waals surface area contributed by atoms with Gasteiger partial charge in [0.1, 0.15) is 16.4 Å². The Balaban J connectivity index is 1.98. The Kier molecular flexibility index (Phi) is 2.93. The van der Waals surface area contributed by atoms with Gasteiger partial charge in [0.15, 0.2) is 5.69 Å². The van der Waals surface area contributed by atoms with E-state index in [0.717, 1.165) is 23.6 Å². The molecule has 19 heavy (non-hydrogen) atoms. The maximum absolute atomic E-state index is 11.2. The summed E-state index contributed by atoms with van der Waals surface area (Å²) in [5.41, 5.74) is 0.103. The lowest BCUT2D eigenvalue weighted by atomic mass is 10.2. The van der Waals surface area contributed by atoms with E-state index in [1.54, 1.807) is 0 Å². The SMILES string of the molecule is CCc1nc(C(=O)O)c(-c2ccc(C3CC3C)o2)s1. The summed E-state index contributed by atoms with van der Waals surface area (Å²) >= 11 is 1.40. The van der Waals surface area contributed by atoms with Crippen LogP contribution in [0.15, 0.2) is 16.5 Å². The Bertz CT molecular complexity index is 628. The third kappa shape index (κ3) is 2.18. The summed E-state index contributed by atoms with van der Waals surface area (Å²) in [4.78, 5) is 16.0. The fourth-order valence-corrected chi connectivity index (χ4v) is 3.18. The first-order chi connectivity index (χ1) is 9.10. The van der Waals surface area contributed by atoms with Crippen LogP contribution in [0.4, 0.5) is 0 Å². The van der Waals surface area contributed by atoms with E-state index in [4.69, 9.17) is 4.42 Å². The molecule has 1 aliphatic rings. The molecule has 3 rings (SSSR count). The number of hydrogen-bond donors (Lipinski definition) is 1. The number of carboxylic acid groups (broad SMARTS) is 1. The third-order valence-corrected chi connectivity index (χ3v) is 4.72. The Labute approximate surface area is 115 Å². The molecular formula is C14H15NO3S. The van der Waals surface area contributed by atoms with Crippen molar-refractivity contribution in [3.05, 3.63) is 28.6 Å². The van der Waals surface area contributed by atoms with Gasteiger partial charge in [-0.15, -0.1) is 11.3 Å². The number of hydrogen-bond acceptors (Lipinski definition) is 4. The van der Waals surface area contributed by atoms with E-state index >= 15 is 0 Å². The second-order valence-electron chi connectivity index (χ2n) is 4.97. The molecule has 1 N–H and O–H groups in total. The van der Waals surface area contributed by atoms with Crippen LogP contribution in [0.2, 0.25) is 0 Å². The van der Waals surface area contributed by atoms with Gasteiger partial charge in [-0.25, -0.2) is 9.78 Å². The topological polar surface area (TPSA) is 63.3 Å². The largest absolute Gasteiger partial charge is 0.476 e. The molecule has 2 unspecified atom stereocenters. The number of nitrogens with zero attached hydrogens (tertiary/aromatic N) is 1. The molecule has 100 valence electrons. The quantitative estimate of drug-likeness (QED) is 0.923. The Hall–Kier alpha value is -1.62. The summed E-state index contributed by atoms with van der Waals surface area (Å²) in [6.07, 6.45) is 1.89. The average molecular weight is 277 g/mol. The highest BCUT2D eigenvalue weighted by Gasteiger charge is 2.37. The number of carboxylic acids is 1. The molecule has 0 radical (unpaired) electrons. The molecular weight excluding hydrogens is 262 g/mol. The summed E-state index contributed by atoms with van der Waals surface area (Å²) in [6, 6.07) is 3.82. The number of furan rings is 1. The van der Waals surface area contributed by atoms with Crippen molar-refractivity contribution in [2.75, 3.05) is 0 Å². The van der Waals surface area contributed by atoms with Crippen LogP contribution in [0.25, 0.3) is 10.6 Å². The van der Waals surface area contributed by atoms with Gasteiger partial charge < -0.3 is 9.52 Å². The molecule has 0 aromatic carbocycles. The normalized spacial score (nSPS) is 21.6. The van der Waals surface area contributed by atoms with Crippen molar-refractivity contribution in [1.29, 1.82) is 0 Å². The van der Waals surface area contributed by atoms with Crippen LogP contribution in [-0.4, -0.2) is 16.1 Å². The molecule has 4 nitrogen and oxygen atoms in total. The molecule has 0 saturated heterocycles. The van der Waals surface area contributed by atoms with E-state index in [2.05, 4.69) is 11.9 Å². The van der Waals surface area contributed by atoms with Crippen molar-refractivity contribution in [3.63, 3.8) is 0 Å². The van der Waals surface area contributed by atoms with Crippen LogP contribution in [0.3, 0.4) is 0 Å². The van der Waals surface area contributed by atoms with Gasteiger partial charge in [-0.3, -0.25) is 0 Å². The zero-order valence-electron chi connectivity index (χ0n) is 10.8. The minimum Gasteiger partial charge on any atom is -0.476 e. The number of aryl methyl sites for hydroxylation is 1. The maximum Gasteiger partial charge on any atom is 0.356 e. The van der Waals surface area contributed by atoms with Gasteiger partial charge in [0, 0.05) is 5.92 Å². The Morgan fingerprint density at radius 1 is 1.58 bits per heavy atom. The van der Waals surface area contributed by atoms with E-state index in [1.807, 2.05) is 19.1 Å². The predicted molar refractivity (Wildman–Crippen MR) is 72.7 cm³/mol. The molecule has 2 heterocycles. The van der Waals surface area contributed by atoms with Crippen LogP contribution in [0.1, 0.15) is 47.4 Å². The first-order valence-electron chi connectivity index (χ1n) is 6.43. The molecule has 1 saturated carbocycles. The molecule has 0 spiro atoms. The van der Waals surface area contributed by atoms with E-state index in [1.165, 1.54) is 11.3 Å². The number of aromatic nitrogens is 1. The van der Waals surface area contributed by atoms with E-state index < -0.39 is 5.97 Å². The third-order valence-electron chi connectivity index (χ3n) is 3.50. The van der Waals surface area contributed by atoms with Crippen molar-refractivity contribution in [2.24, 2.45) is 5.92 Å². The molecule has 5 heteroatoms. The minimum atomic E-state index is -0.997. The lowest BCUT2D eigenvalue weighted by Crippen LogP contribution is -1.98. The van der Waals surface area contributed by atoms with Crippen molar-refractivity contribution in [1.82, 2.24) is 4.98 Å². The van der Waals surface area contributed by atoms with Crippen LogP contribution >= 0.6 is 11.3 Å². The second kappa shape index (κ2) is 4.49. The molecule has 1 fully saturated rings. The lowest BCUT2D eigenvalue weighted by Gasteiger charge is -1.94. The van der Waals surface area contributed by atoms with E-state index in [-0.39, 0.29) is 5.69 Å². The molecule has 0 bridgehead atoms. The predicted octanol–water partition coefficient (Wildman–Crippen LogP) is 3.79. The number of aromatic carboxylic acids is 1.